The van der Waals surface area contributed by atoms with Gasteiger partial charge < -0.3 is 5.32 Å². The van der Waals surface area contributed by atoms with Gasteiger partial charge in [0.05, 0.1) is 22.4 Å². The first-order valence-corrected chi connectivity index (χ1v) is 8.84. The normalized spacial score (nSPS) is 12.9. The minimum absolute atomic E-state index is 0.199. The van der Waals surface area contributed by atoms with Crippen molar-refractivity contribution in [2.45, 2.75) is 0 Å². The Kier molecular flexibility index (Phi) is 3.49. The third-order valence-electron chi connectivity index (χ3n) is 5.01. The summed E-state index contributed by atoms with van der Waals surface area (Å²) in [6, 6.07) is 22.3. The first-order chi connectivity index (χ1) is 13.6. The fourth-order valence-electron chi connectivity index (χ4n) is 3.77. The number of carbonyl (C=O) groups excluding carboxylic acids is 3. The second-order valence-electron chi connectivity index (χ2n) is 6.66. The Morgan fingerprint density at radius 3 is 2.07 bits per heavy atom. The van der Waals surface area contributed by atoms with Gasteiger partial charge in [0.25, 0.3) is 17.7 Å². The molecule has 3 amide bonds. The molecule has 5 rings (SSSR count). The van der Waals surface area contributed by atoms with E-state index in [-0.39, 0.29) is 17.0 Å². The Labute approximate surface area is 160 Å². The first-order valence-electron chi connectivity index (χ1n) is 8.84. The van der Waals surface area contributed by atoms with Gasteiger partial charge in [-0.2, -0.15) is 0 Å². The topological polar surface area (TPSA) is 75.3 Å². The Balaban J connectivity index is 1.69. The van der Waals surface area contributed by atoms with Crippen molar-refractivity contribution in [3.63, 3.8) is 0 Å². The van der Waals surface area contributed by atoms with Crippen molar-refractivity contribution in [2.24, 2.45) is 0 Å². The van der Waals surface area contributed by atoms with Crippen LogP contribution < -0.4 is 10.6 Å². The molecule has 4 aromatic carbocycles. The lowest BCUT2D eigenvalue weighted by atomic mass is 9.96. The quantitative estimate of drug-likeness (QED) is 0.414. The summed E-state index contributed by atoms with van der Waals surface area (Å²) in [7, 11) is 0. The molecule has 0 saturated carbocycles. The maximum atomic E-state index is 13.3. The van der Waals surface area contributed by atoms with E-state index in [1.54, 1.807) is 18.2 Å². The molecule has 5 heteroatoms. The lowest BCUT2D eigenvalue weighted by Gasteiger charge is -2.13. The van der Waals surface area contributed by atoms with Crippen LogP contribution in [-0.2, 0) is 0 Å². The number of carbonyl (C=O) groups is 3. The molecule has 1 heterocycles. The molecule has 2 N–H and O–H groups in total. The molecule has 4 aromatic rings. The molecule has 134 valence electrons. The Bertz CT molecular complexity index is 1270. The Morgan fingerprint density at radius 2 is 1.39 bits per heavy atom. The van der Waals surface area contributed by atoms with Crippen molar-refractivity contribution in [3.8, 4) is 0 Å². The van der Waals surface area contributed by atoms with Gasteiger partial charge >= 0.3 is 0 Å². The number of nitrogens with one attached hydrogen (secondary N) is 2. The summed E-state index contributed by atoms with van der Waals surface area (Å²) in [5.41, 5.74) is 1.33. The Morgan fingerprint density at radius 1 is 0.750 bits per heavy atom. The second kappa shape index (κ2) is 6.03. The van der Waals surface area contributed by atoms with Gasteiger partial charge in [0.1, 0.15) is 0 Å². The van der Waals surface area contributed by atoms with Crippen molar-refractivity contribution in [1.29, 1.82) is 0 Å². The summed E-state index contributed by atoms with van der Waals surface area (Å²) < 4.78 is 0. The summed E-state index contributed by atoms with van der Waals surface area (Å²) in [6.07, 6.45) is 0. The SMILES string of the molecule is O=C1NC(=O)c2c(NC(=O)c3c4ccccc4cc4ccccc34)cccc21. The molecule has 0 spiro atoms. The maximum absolute atomic E-state index is 13.3. The highest BCUT2D eigenvalue weighted by atomic mass is 16.2. The van der Waals surface area contributed by atoms with E-state index < -0.39 is 11.8 Å². The molecule has 0 aliphatic carbocycles. The second-order valence-corrected chi connectivity index (χ2v) is 6.66. The molecule has 0 saturated heterocycles. The van der Waals surface area contributed by atoms with E-state index in [9.17, 15) is 14.4 Å². The average Bonchev–Trinajstić information content (AvgIpc) is 3.00. The van der Waals surface area contributed by atoms with Gasteiger partial charge in [0, 0.05) is 0 Å². The first kappa shape index (κ1) is 16.2. The number of fused-ring (bicyclic) bond motifs is 3. The maximum Gasteiger partial charge on any atom is 0.261 e. The minimum Gasteiger partial charge on any atom is -0.321 e. The number of hydrogen-bond donors (Lipinski definition) is 2. The smallest absolute Gasteiger partial charge is 0.261 e. The van der Waals surface area contributed by atoms with Gasteiger partial charge in [0.2, 0.25) is 0 Å². The Hall–Kier alpha value is -3.99. The standard InChI is InChI=1S/C23H14N2O3/c26-21-17-10-5-11-18(20(17)23(28)25-21)24-22(27)19-15-8-3-1-6-13(15)12-14-7-2-4-9-16(14)19/h1-12H,(H,24,27)(H,25,26,28). The number of benzene rings is 4. The predicted molar refractivity (Wildman–Crippen MR) is 108 cm³/mol. The summed E-state index contributed by atoms with van der Waals surface area (Å²) in [6.45, 7) is 0. The summed E-state index contributed by atoms with van der Waals surface area (Å²) in [4.78, 5) is 37.3. The monoisotopic (exact) mass is 366 g/mol. The third kappa shape index (κ3) is 2.37. The van der Waals surface area contributed by atoms with Gasteiger partial charge in [-0.05, 0) is 39.7 Å². The molecule has 1 aliphatic heterocycles. The van der Waals surface area contributed by atoms with Crippen molar-refractivity contribution in [1.82, 2.24) is 5.32 Å². The van der Waals surface area contributed by atoms with Crippen molar-refractivity contribution >= 4 is 45.0 Å². The minimum atomic E-state index is -0.501. The number of amides is 3. The van der Waals surface area contributed by atoms with Gasteiger partial charge in [0.15, 0.2) is 0 Å². The summed E-state index contributed by atoms with van der Waals surface area (Å²) in [5, 5.41) is 8.67. The van der Waals surface area contributed by atoms with Crippen LogP contribution in [0.4, 0.5) is 5.69 Å². The average molecular weight is 366 g/mol. The molecule has 5 nitrogen and oxygen atoms in total. The van der Waals surface area contributed by atoms with Crippen LogP contribution in [0.5, 0.6) is 0 Å². The zero-order valence-electron chi connectivity index (χ0n) is 14.7. The molecule has 0 unspecified atom stereocenters. The van der Waals surface area contributed by atoms with Crippen molar-refractivity contribution in [2.75, 3.05) is 5.32 Å². The van der Waals surface area contributed by atoms with Crippen LogP contribution in [-0.4, -0.2) is 17.7 Å². The van der Waals surface area contributed by atoms with Gasteiger partial charge in [-0.1, -0.05) is 54.6 Å². The van der Waals surface area contributed by atoms with E-state index >= 15 is 0 Å². The predicted octanol–water partition coefficient (Wildman–Crippen LogP) is 4.13. The molecule has 1 aliphatic rings. The zero-order valence-corrected chi connectivity index (χ0v) is 14.7. The lowest BCUT2D eigenvalue weighted by Crippen LogP contribution is -2.21. The fraction of sp³-hybridized carbons (Fsp3) is 0. The number of anilines is 1. The molecule has 0 aromatic heterocycles. The summed E-state index contributed by atoms with van der Waals surface area (Å²) in [5.74, 6) is -1.28. The van der Waals surface area contributed by atoms with E-state index in [2.05, 4.69) is 10.6 Å². The molecule has 0 atom stereocenters. The summed E-state index contributed by atoms with van der Waals surface area (Å²) >= 11 is 0. The van der Waals surface area contributed by atoms with Gasteiger partial charge in [-0.15, -0.1) is 0 Å². The van der Waals surface area contributed by atoms with E-state index in [1.165, 1.54) is 0 Å². The van der Waals surface area contributed by atoms with Crippen LogP contribution >= 0.6 is 0 Å². The molecule has 0 radical (unpaired) electrons. The van der Waals surface area contributed by atoms with Crippen LogP contribution in [0.15, 0.2) is 72.8 Å². The van der Waals surface area contributed by atoms with Crippen molar-refractivity contribution < 1.29 is 14.4 Å². The fourth-order valence-corrected chi connectivity index (χ4v) is 3.77. The van der Waals surface area contributed by atoms with Gasteiger partial charge in [-0.25, -0.2) is 0 Å². The highest BCUT2D eigenvalue weighted by Crippen LogP contribution is 2.30. The van der Waals surface area contributed by atoms with Crippen molar-refractivity contribution in [3.05, 3.63) is 89.5 Å². The third-order valence-corrected chi connectivity index (χ3v) is 5.01. The number of hydrogen-bond acceptors (Lipinski definition) is 3. The lowest BCUT2D eigenvalue weighted by molar-refractivity contribution is 0.0879. The highest BCUT2D eigenvalue weighted by Gasteiger charge is 2.30. The van der Waals surface area contributed by atoms with Crippen LogP contribution in [0, 0.1) is 0 Å². The molecular weight excluding hydrogens is 352 g/mol. The van der Waals surface area contributed by atoms with Crippen LogP contribution in [0.1, 0.15) is 31.1 Å². The zero-order chi connectivity index (χ0) is 19.3. The molecule has 0 bridgehead atoms. The number of rotatable bonds is 2. The van der Waals surface area contributed by atoms with Crippen LogP contribution in [0.25, 0.3) is 21.5 Å². The molecule has 0 fully saturated rings. The van der Waals surface area contributed by atoms with E-state index in [1.807, 2.05) is 54.6 Å². The highest BCUT2D eigenvalue weighted by molar-refractivity contribution is 6.27. The molecular formula is C23H14N2O3. The van der Waals surface area contributed by atoms with Crippen LogP contribution in [0.2, 0.25) is 0 Å². The largest absolute Gasteiger partial charge is 0.321 e. The molecule has 28 heavy (non-hydrogen) atoms. The number of imide groups is 1. The van der Waals surface area contributed by atoms with Gasteiger partial charge in [-0.3, -0.25) is 19.7 Å². The van der Waals surface area contributed by atoms with Crippen LogP contribution in [0.3, 0.4) is 0 Å². The van der Waals surface area contributed by atoms with E-state index in [0.29, 0.717) is 11.3 Å². The van der Waals surface area contributed by atoms with E-state index in [0.717, 1.165) is 21.5 Å². The van der Waals surface area contributed by atoms with E-state index in [4.69, 9.17) is 0 Å².